The number of carbonyl (C=O) groups excluding carboxylic acids is 1. The van der Waals surface area contributed by atoms with Crippen molar-refractivity contribution in [3.8, 4) is 0 Å². The van der Waals surface area contributed by atoms with Crippen LogP contribution in [0.2, 0.25) is 0 Å². The molecular formula is C11H10F2N2O. The summed E-state index contributed by atoms with van der Waals surface area (Å²) in [6, 6.07) is 1.36. The molecule has 5 heteroatoms. The summed E-state index contributed by atoms with van der Waals surface area (Å²) in [5.41, 5.74) is 1.52. The Hall–Kier alpha value is -1.78. The fourth-order valence-electron chi connectivity index (χ4n) is 1.63. The Balaban J connectivity index is 2.56. The van der Waals surface area contributed by atoms with Crippen molar-refractivity contribution in [2.75, 3.05) is 0 Å². The van der Waals surface area contributed by atoms with Crippen molar-refractivity contribution in [2.45, 2.75) is 19.8 Å². The van der Waals surface area contributed by atoms with Crippen LogP contribution in [-0.4, -0.2) is 15.7 Å². The van der Waals surface area contributed by atoms with Gasteiger partial charge in [-0.1, -0.05) is 0 Å². The van der Waals surface area contributed by atoms with Crippen LogP contribution in [0.5, 0.6) is 0 Å². The van der Waals surface area contributed by atoms with Crippen LogP contribution < -0.4 is 0 Å². The predicted octanol–water partition coefficient (Wildman–Crippen LogP) is 2.32. The number of hydrogen-bond donors (Lipinski definition) is 0. The molecule has 3 nitrogen and oxygen atoms in total. The van der Waals surface area contributed by atoms with Crippen LogP contribution in [-0.2, 0) is 11.2 Å². The number of halogens is 2. The molecule has 2 heterocycles. The van der Waals surface area contributed by atoms with Gasteiger partial charge in [-0.05, 0) is 18.6 Å². The lowest BCUT2D eigenvalue weighted by Gasteiger charge is -2.04. The summed E-state index contributed by atoms with van der Waals surface area (Å²) in [6.07, 6.45) is 1.70. The first kappa shape index (κ1) is 10.7. The molecule has 0 aliphatic carbocycles. The fraction of sp³-hybridized carbons (Fsp3) is 0.273. The van der Waals surface area contributed by atoms with Crippen LogP contribution in [0.1, 0.15) is 23.2 Å². The number of hydrogen-bond acceptors (Lipinski definition) is 2. The van der Waals surface area contributed by atoms with E-state index in [0.717, 1.165) is 6.29 Å². The van der Waals surface area contributed by atoms with E-state index in [1.807, 2.05) is 0 Å². The van der Waals surface area contributed by atoms with Crippen molar-refractivity contribution in [1.82, 2.24) is 9.38 Å². The van der Waals surface area contributed by atoms with Gasteiger partial charge in [0.1, 0.15) is 11.9 Å². The summed E-state index contributed by atoms with van der Waals surface area (Å²) in [6.45, 7) is 1.63. The normalized spacial score (nSPS) is 11.2. The molecule has 2 aromatic rings. The second-order valence-corrected chi connectivity index (χ2v) is 3.58. The van der Waals surface area contributed by atoms with Gasteiger partial charge in [0.25, 0.3) is 6.43 Å². The Morgan fingerprint density at radius 2 is 2.25 bits per heavy atom. The lowest BCUT2D eigenvalue weighted by atomic mass is 10.1. The zero-order valence-electron chi connectivity index (χ0n) is 8.65. The van der Waals surface area contributed by atoms with E-state index in [2.05, 4.69) is 4.98 Å². The maximum atomic E-state index is 12.6. The summed E-state index contributed by atoms with van der Waals surface area (Å²) in [5.74, 6) is 0. The zero-order valence-corrected chi connectivity index (χ0v) is 8.65. The largest absolute Gasteiger partial charge is 0.307 e. The molecule has 0 spiro atoms. The molecule has 0 unspecified atom stereocenters. The first-order valence-electron chi connectivity index (χ1n) is 4.81. The number of nitrogens with zero attached hydrogens (tertiary/aromatic N) is 2. The third kappa shape index (κ3) is 1.80. The predicted molar refractivity (Wildman–Crippen MR) is 54.7 cm³/mol. The topological polar surface area (TPSA) is 34.4 Å². The van der Waals surface area contributed by atoms with Gasteiger partial charge in [0.05, 0.1) is 5.69 Å². The van der Waals surface area contributed by atoms with Crippen LogP contribution >= 0.6 is 0 Å². The molecule has 0 N–H and O–H groups in total. The molecule has 2 rings (SSSR count). The quantitative estimate of drug-likeness (QED) is 0.750. The molecule has 0 aliphatic rings. The highest BCUT2D eigenvalue weighted by Crippen LogP contribution is 2.23. The van der Waals surface area contributed by atoms with Crippen molar-refractivity contribution in [2.24, 2.45) is 0 Å². The van der Waals surface area contributed by atoms with Gasteiger partial charge in [-0.2, -0.15) is 0 Å². The van der Waals surface area contributed by atoms with Gasteiger partial charge in [-0.3, -0.25) is 0 Å². The number of rotatable bonds is 3. The van der Waals surface area contributed by atoms with Gasteiger partial charge in [0.2, 0.25) is 0 Å². The molecule has 0 saturated heterocycles. The molecule has 0 atom stereocenters. The van der Waals surface area contributed by atoms with Gasteiger partial charge in [-0.25, -0.2) is 13.8 Å². The first-order valence-corrected chi connectivity index (χ1v) is 4.81. The molecule has 84 valence electrons. The molecule has 0 saturated carbocycles. The van der Waals surface area contributed by atoms with Gasteiger partial charge in [0.15, 0.2) is 0 Å². The summed E-state index contributed by atoms with van der Waals surface area (Å²) in [7, 11) is 0. The number of pyridine rings is 1. The lowest BCUT2D eigenvalue weighted by molar-refractivity contribution is -0.107. The van der Waals surface area contributed by atoms with Crippen molar-refractivity contribution in [3.05, 3.63) is 35.3 Å². The summed E-state index contributed by atoms with van der Waals surface area (Å²) in [4.78, 5) is 14.4. The van der Waals surface area contributed by atoms with Crippen LogP contribution in [0.25, 0.3) is 5.65 Å². The summed E-state index contributed by atoms with van der Waals surface area (Å²) in [5, 5.41) is 0. The van der Waals surface area contributed by atoms with Crippen LogP contribution in [0, 0.1) is 6.92 Å². The molecular weight excluding hydrogens is 214 g/mol. The van der Waals surface area contributed by atoms with Gasteiger partial charge < -0.3 is 9.20 Å². The third-order valence-electron chi connectivity index (χ3n) is 2.41. The number of carbonyl (C=O) groups is 1. The second-order valence-electron chi connectivity index (χ2n) is 3.58. The van der Waals surface area contributed by atoms with E-state index < -0.39 is 6.43 Å². The highest BCUT2D eigenvalue weighted by molar-refractivity contribution is 5.55. The molecule has 0 amide bonds. The monoisotopic (exact) mass is 224 g/mol. The standard InChI is InChI=1S/C11H10F2N2O/c1-7-5-15-6-8(2-3-16)14-10(15)4-9(7)11(12)13/h3-6,11H,2H2,1H3. The van der Waals surface area contributed by atoms with Crippen molar-refractivity contribution < 1.29 is 13.6 Å². The molecule has 2 aromatic heterocycles. The molecule has 0 fully saturated rings. The van der Waals surface area contributed by atoms with Crippen LogP contribution in [0.15, 0.2) is 18.5 Å². The average Bonchev–Trinajstić information content (AvgIpc) is 2.58. The Morgan fingerprint density at radius 3 is 2.88 bits per heavy atom. The molecule has 0 radical (unpaired) electrons. The van der Waals surface area contributed by atoms with E-state index in [4.69, 9.17) is 0 Å². The number of alkyl halides is 2. The van der Waals surface area contributed by atoms with Crippen molar-refractivity contribution in [3.63, 3.8) is 0 Å². The van der Waals surface area contributed by atoms with Crippen molar-refractivity contribution in [1.29, 1.82) is 0 Å². The average molecular weight is 224 g/mol. The van der Waals surface area contributed by atoms with Gasteiger partial charge in [-0.15, -0.1) is 0 Å². The Kier molecular flexibility index (Phi) is 2.68. The highest BCUT2D eigenvalue weighted by atomic mass is 19.3. The maximum absolute atomic E-state index is 12.6. The smallest absolute Gasteiger partial charge is 0.264 e. The van der Waals surface area contributed by atoms with E-state index in [1.54, 1.807) is 23.7 Å². The fourth-order valence-corrected chi connectivity index (χ4v) is 1.63. The Morgan fingerprint density at radius 1 is 1.50 bits per heavy atom. The zero-order chi connectivity index (χ0) is 11.7. The van der Waals surface area contributed by atoms with E-state index in [9.17, 15) is 13.6 Å². The maximum Gasteiger partial charge on any atom is 0.264 e. The SMILES string of the molecule is Cc1cn2cc(CC=O)nc2cc1C(F)F. The number of imidazole rings is 1. The lowest BCUT2D eigenvalue weighted by Crippen LogP contribution is -1.93. The van der Waals surface area contributed by atoms with E-state index in [-0.39, 0.29) is 12.0 Å². The van der Waals surface area contributed by atoms with Gasteiger partial charge in [0, 0.05) is 24.4 Å². The van der Waals surface area contributed by atoms with Crippen LogP contribution in [0.4, 0.5) is 8.78 Å². The molecule has 0 bridgehead atoms. The highest BCUT2D eigenvalue weighted by Gasteiger charge is 2.12. The second kappa shape index (κ2) is 4.00. The Labute approximate surface area is 90.7 Å². The molecule has 16 heavy (non-hydrogen) atoms. The third-order valence-corrected chi connectivity index (χ3v) is 2.41. The van der Waals surface area contributed by atoms with Crippen molar-refractivity contribution >= 4 is 11.9 Å². The van der Waals surface area contributed by atoms with E-state index >= 15 is 0 Å². The Bertz CT molecular complexity index is 534. The van der Waals surface area contributed by atoms with E-state index in [0.29, 0.717) is 16.9 Å². The van der Waals surface area contributed by atoms with E-state index in [1.165, 1.54) is 6.07 Å². The number of aldehydes is 1. The molecule has 0 aromatic carbocycles. The molecule has 0 aliphatic heterocycles. The summed E-state index contributed by atoms with van der Waals surface area (Å²) < 4.78 is 26.9. The summed E-state index contributed by atoms with van der Waals surface area (Å²) >= 11 is 0. The minimum absolute atomic E-state index is 0.0178. The number of aromatic nitrogens is 2. The first-order chi connectivity index (χ1) is 7.61. The minimum atomic E-state index is -2.50. The number of fused-ring (bicyclic) bond motifs is 1. The minimum Gasteiger partial charge on any atom is -0.307 e. The van der Waals surface area contributed by atoms with Crippen LogP contribution in [0.3, 0.4) is 0 Å². The number of aryl methyl sites for hydroxylation is 1. The van der Waals surface area contributed by atoms with Gasteiger partial charge >= 0.3 is 0 Å².